The van der Waals surface area contributed by atoms with Crippen molar-refractivity contribution in [1.82, 2.24) is 5.32 Å². The molecule has 0 aliphatic heterocycles. The van der Waals surface area contributed by atoms with Crippen LogP contribution >= 0.6 is 34.8 Å². The summed E-state index contributed by atoms with van der Waals surface area (Å²) in [5.41, 5.74) is 0.945. The number of nitrogens with one attached hydrogen (secondary N) is 1. The van der Waals surface area contributed by atoms with Gasteiger partial charge in [-0.1, -0.05) is 64.6 Å². The molecule has 0 saturated carbocycles. The summed E-state index contributed by atoms with van der Waals surface area (Å²) in [4.78, 5) is 22.5. The van der Waals surface area contributed by atoms with Crippen molar-refractivity contribution in [1.29, 1.82) is 0 Å². The molecule has 4 nitrogen and oxygen atoms in total. The number of carboxylic acid groups (broad SMARTS) is 1. The third kappa shape index (κ3) is 6.17. The highest BCUT2D eigenvalue weighted by molar-refractivity contribution is 6.48. The molecule has 1 amide bonds. The Morgan fingerprint density at radius 3 is 2.23 bits per heavy atom. The number of hydrogen-bond donors (Lipinski definition) is 2. The fraction of sp³-hybridized carbons (Fsp3) is 0.158. The molecule has 1 unspecified atom stereocenters. The van der Waals surface area contributed by atoms with Crippen molar-refractivity contribution in [3.8, 4) is 0 Å². The Kier molecular flexibility index (Phi) is 7.85. The number of carbonyl (C=O) groups is 2. The molecule has 30 heavy (non-hydrogen) atoms. The van der Waals surface area contributed by atoms with E-state index in [0.29, 0.717) is 11.0 Å². The van der Waals surface area contributed by atoms with E-state index in [9.17, 15) is 22.8 Å². The van der Waals surface area contributed by atoms with E-state index in [-0.39, 0.29) is 26.2 Å². The summed E-state index contributed by atoms with van der Waals surface area (Å²) in [5.74, 6) is -3.77. The quantitative estimate of drug-likeness (QED) is 0.486. The number of aliphatic carboxylic acids is 1. The van der Waals surface area contributed by atoms with Crippen molar-refractivity contribution in [2.45, 2.75) is 12.1 Å². The van der Waals surface area contributed by atoms with Crippen LogP contribution in [-0.2, 0) is 4.79 Å². The Morgan fingerprint density at radius 2 is 1.73 bits per heavy atom. The third-order valence-electron chi connectivity index (χ3n) is 4.09. The van der Waals surface area contributed by atoms with Crippen molar-refractivity contribution in [2.75, 3.05) is 6.54 Å². The van der Waals surface area contributed by atoms with Crippen molar-refractivity contribution in [2.24, 2.45) is 0 Å². The van der Waals surface area contributed by atoms with Gasteiger partial charge in [0.15, 0.2) is 0 Å². The Labute approximate surface area is 186 Å². The van der Waals surface area contributed by atoms with Crippen molar-refractivity contribution in [3.05, 3.63) is 68.2 Å². The minimum absolute atomic E-state index is 0.0284. The lowest BCUT2D eigenvalue weighted by Gasteiger charge is -2.18. The van der Waals surface area contributed by atoms with Gasteiger partial charge in [-0.3, -0.25) is 9.59 Å². The second-order valence-corrected chi connectivity index (χ2v) is 7.52. The number of halogens is 6. The molecule has 2 aromatic rings. The molecule has 0 aliphatic rings. The summed E-state index contributed by atoms with van der Waals surface area (Å²) in [7, 11) is 1.59. The SMILES string of the molecule is Bc1cc(/C=C/C(c2cc(Cl)c(Cl)c(Cl)c2)C(F)(F)F)ccc1C(=O)NCC(=O)O. The second-order valence-electron chi connectivity index (χ2n) is 6.33. The zero-order valence-electron chi connectivity index (χ0n) is 15.4. The number of carbonyl (C=O) groups excluding carboxylic acids is 1. The van der Waals surface area contributed by atoms with E-state index in [1.165, 1.54) is 24.3 Å². The second kappa shape index (κ2) is 9.77. The van der Waals surface area contributed by atoms with Gasteiger partial charge >= 0.3 is 12.1 Å². The van der Waals surface area contributed by atoms with Gasteiger partial charge in [-0.2, -0.15) is 13.2 Å². The zero-order valence-corrected chi connectivity index (χ0v) is 17.6. The highest BCUT2D eigenvalue weighted by atomic mass is 35.5. The molecule has 2 rings (SSSR count). The monoisotopic (exact) mass is 477 g/mol. The highest BCUT2D eigenvalue weighted by Crippen LogP contribution is 2.41. The summed E-state index contributed by atoms with van der Waals surface area (Å²) in [6.07, 6.45) is -2.39. The van der Waals surface area contributed by atoms with Gasteiger partial charge in [0, 0.05) is 5.56 Å². The first kappa shape index (κ1) is 24.1. The van der Waals surface area contributed by atoms with Gasteiger partial charge in [-0.15, -0.1) is 0 Å². The fourth-order valence-electron chi connectivity index (χ4n) is 2.67. The first-order chi connectivity index (χ1) is 13.9. The van der Waals surface area contributed by atoms with Crippen LogP contribution in [-0.4, -0.2) is 37.6 Å². The van der Waals surface area contributed by atoms with Crippen LogP contribution in [0.15, 0.2) is 36.4 Å². The lowest BCUT2D eigenvalue weighted by molar-refractivity contribution is -0.139. The molecule has 2 N–H and O–H groups in total. The number of allylic oxidation sites excluding steroid dienone is 1. The van der Waals surface area contributed by atoms with Gasteiger partial charge in [0.25, 0.3) is 5.91 Å². The summed E-state index contributed by atoms with van der Waals surface area (Å²) < 4.78 is 40.8. The minimum atomic E-state index is -4.61. The van der Waals surface area contributed by atoms with Gasteiger partial charge in [-0.05, 0) is 29.3 Å². The smallest absolute Gasteiger partial charge is 0.399 e. The molecule has 158 valence electrons. The normalized spacial score (nSPS) is 12.7. The van der Waals surface area contributed by atoms with Crippen molar-refractivity contribution in [3.63, 3.8) is 0 Å². The van der Waals surface area contributed by atoms with Crippen LogP contribution in [0, 0.1) is 0 Å². The Hall–Kier alpha value is -2.16. The Bertz CT molecular complexity index is 989. The number of carboxylic acids is 1. The van der Waals surface area contributed by atoms with Gasteiger partial charge in [0.1, 0.15) is 14.4 Å². The summed E-state index contributed by atoms with van der Waals surface area (Å²) >= 11 is 17.5. The molecule has 0 bridgehead atoms. The van der Waals surface area contributed by atoms with E-state index in [1.807, 2.05) is 0 Å². The van der Waals surface area contributed by atoms with Crippen LogP contribution in [0.3, 0.4) is 0 Å². The van der Waals surface area contributed by atoms with E-state index in [1.54, 1.807) is 7.85 Å². The lowest BCUT2D eigenvalue weighted by Crippen LogP contribution is -2.32. The summed E-state index contributed by atoms with van der Waals surface area (Å²) in [5, 5.41) is 10.6. The van der Waals surface area contributed by atoms with E-state index in [4.69, 9.17) is 39.9 Å². The maximum absolute atomic E-state index is 13.6. The van der Waals surface area contributed by atoms with Crippen LogP contribution < -0.4 is 10.8 Å². The van der Waals surface area contributed by atoms with Gasteiger partial charge in [0.2, 0.25) is 0 Å². The first-order valence-electron chi connectivity index (χ1n) is 8.40. The predicted molar refractivity (Wildman–Crippen MR) is 114 cm³/mol. The molecule has 0 radical (unpaired) electrons. The van der Waals surface area contributed by atoms with Crippen LogP contribution in [0.4, 0.5) is 13.2 Å². The van der Waals surface area contributed by atoms with E-state index < -0.39 is 30.5 Å². The maximum atomic E-state index is 13.6. The standard InChI is InChI=1S/C19H14BCl3F3NO3/c20-13-5-9(1-3-11(13)18(30)27-8-16(28)29)2-4-12(19(24,25)26)10-6-14(21)17(23)15(22)7-10/h1-7,12H,8,20H2,(H,27,30)(H,28,29)/b4-2+. The maximum Gasteiger partial charge on any atom is 0.399 e. The third-order valence-corrected chi connectivity index (χ3v) is 5.29. The number of hydrogen-bond acceptors (Lipinski definition) is 2. The molecule has 0 fully saturated rings. The van der Waals surface area contributed by atoms with E-state index >= 15 is 0 Å². The summed E-state index contributed by atoms with van der Waals surface area (Å²) in [6, 6.07) is 6.60. The van der Waals surface area contributed by atoms with Gasteiger partial charge < -0.3 is 10.4 Å². The predicted octanol–water partition coefficient (Wildman–Crippen LogP) is 4.08. The molecule has 0 spiro atoms. The highest BCUT2D eigenvalue weighted by Gasteiger charge is 2.39. The zero-order chi connectivity index (χ0) is 22.6. The molecule has 1 atom stereocenters. The van der Waals surface area contributed by atoms with E-state index in [2.05, 4.69) is 5.32 Å². The number of benzene rings is 2. The molecule has 0 aliphatic carbocycles. The van der Waals surface area contributed by atoms with Crippen LogP contribution in [0.25, 0.3) is 6.08 Å². The minimum Gasteiger partial charge on any atom is -0.480 e. The Balaban J connectivity index is 2.31. The number of alkyl halides is 3. The fourth-order valence-corrected chi connectivity index (χ4v) is 3.28. The average molecular weight is 478 g/mol. The van der Waals surface area contributed by atoms with E-state index in [0.717, 1.165) is 18.2 Å². The van der Waals surface area contributed by atoms with Crippen molar-refractivity contribution >= 4 is 66.1 Å². The molecule has 0 heterocycles. The first-order valence-corrected chi connectivity index (χ1v) is 9.53. The van der Waals surface area contributed by atoms with Gasteiger partial charge in [-0.25, -0.2) is 0 Å². The topological polar surface area (TPSA) is 66.4 Å². The van der Waals surface area contributed by atoms with Crippen molar-refractivity contribution < 1.29 is 27.9 Å². The number of amides is 1. The molecule has 2 aromatic carbocycles. The van der Waals surface area contributed by atoms with Crippen LogP contribution in [0.1, 0.15) is 27.4 Å². The molecule has 0 aromatic heterocycles. The largest absolute Gasteiger partial charge is 0.480 e. The van der Waals surface area contributed by atoms with Gasteiger partial charge in [0.05, 0.1) is 21.0 Å². The molecular weight excluding hydrogens is 464 g/mol. The van der Waals surface area contributed by atoms with Crippen LogP contribution in [0.2, 0.25) is 15.1 Å². The molecule has 11 heteroatoms. The van der Waals surface area contributed by atoms with Crippen LogP contribution in [0.5, 0.6) is 0 Å². The summed E-state index contributed by atoms with van der Waals surface area (Å²) in [6.45, 7) is -0.542. The number of rotatable bonds is 6. The lowest BCUT2D eigenvalue weighted by atomic mass is 9.88. The average Bonchev–Trinajstić information content (AvgIpc) is 2.63. The molecule has 0 saturated heterocycles. The molecular formula is C19H14BCl3F3NO3. The Morgan fingerprint density at radius 1 is 1.13 bits per heavy atom.